The van der Waals surface area contributed by atoms with Crippen molar-refractivity contribution >= 4 is 27.7 Å². The van der Waals surface area contributed by atoms with Crippen LogP contribution in [0.3, 0.4) is 0 Å². The maximum atomic E-state index is 14.1. The molecule has 4 heteroatoms. The molecule has 1 nitrogen and oxygen atoms in total. The van der Waals surface area contributed by atoms with E-state index in [0.29, 0.717) is 4.90 Å². The van der Waals surface area contributed by atoms with Crippen molar-refractivity contribution in [1.82, 2.24) is 0 Å². The summed E-state index contributed by atoms with van der Waals surface area (Å²) in [5.74, 6) is -0.182. The van der Waals surface area contributed by atoms with Gasteiger partial charge >= 0.3 is 0 Å². The van der Waals surface area contributed by atoms with Crippen LogP contribution in [0.25, 0.3) is 0 Å². The molecule has 2 rings (SSSR count). The van der Waals surface area contributed by atoms with E-state index >= 15 is 0 Å². The average molecular weight is 354 g/mol. The highest BCUT2D eigenvalue weighted by Crippen LogP contribution is 2.31. The van der Waals surface area contributed by atoms with Crippen LogP contribution in [0, 0.1) is 5.82 Å². The second kappa shape index (κ2) is 7.25. The van der Waals surface area contributed by atoms with Gasteiger partial charge in [-0.2, -0.15) is 0 Å². The molecule has 0 radical (unpaired) electrons. The quantitative estimate of drug-likeness (QED) is 0.816. The Kier molecular flexibility index (Phi) is 5.64. The van der Waals surface area contributed by atoms with Gasteiger partial charge in [0.05, 0.1) is 0 Å². The zero-order chi connectivity index (χ0) is 14.5. The molecule has 0 spiro atoms. The number of halogens is 2. The summed E-state index contributed by atoms with van der Waals surface area (Å²) in [4.78, 5) is 1.66. The van der Waals surface area contributed by atoms with E-state index in [1.54, 1.807) is 6.07 Å². The Morgan fingerprint density at radius 1 is 1.20 bits per heavy atom. The van der Waals surface area contributed by atoms with Gasteiger partial charge in [0.2, 0.25) is 0 Å². The van der Waals surface area contributed by atoms with E-state index in [1.165, 1.54) is 11.8 Å². The molecule has 0 saturated heterocycles. The Hall–Kier alpha value is -0.840. The first-order chi connectivity index (χ1) is 9.58. The van der Waals surface area contributed by atoms with Gasteiger partial charge in [-0.1, -0.05) is 40.7 Å². The molecule has 1 unspecified atom stereocenters. The molecule has 0 saturated carbocycles. The number of hydrogen-bond acceptors (Lipinski definition) is 2. The highest BCUT2D eigenvalue weighted by atomic mass is 79.9. The zero-order valence-corrected chi connectivity index (χ0v) is 13.7. The Labute approximate surface area is 131 Å². The Morgan fingerprint density at radius 2 is 1.90 bits per heavy atom. The SMILES string of the molecule is CCC(N)Cc1ccc(Sc2ccc(Br)cc2)c(F)c1. The van der Waals surface area contributed by atoms with Gasteiger partial charge < -0.3 is 5.73 Å². The molecule has 106 valence electrons. The van der Waals surface area contributed by atoms with Gasteiger partial charge in [-0.15, -0.1) is 0 Å². The van der Waals surface area contributed by atoms with Crippen molar-refractivity contribution in [3.8, 4) is 0 Å². The van der Waals surface area contributed by atoms with E-state index in [0.717, 1.165) is 27.8 Å². The highest BCUT2D eigenvalue weighted by Gasteiger charge is 2.08. The van der Waals surface area contributed by atoms with Crippen LogP contribution in [0.4, 0.5) is 4.39 Å². The van der Waals surface area contributed by atoms with E-state index in [1.807, 2.05) is 43.3 Å². The molecule has 0 fully saturated rings. The summed E-state index contributed by atoms with van der Waals surface area (Å²) in [6.45, 7) is 2.04. The monoisotopic (exact) mass is 353 g/mol. The van der Waals surface area contributed by atoms with E-state index in [2.05, 4.69) is 15.9 Å². The van der Waals surface area contributed by atoms with Crippen molar-refractivity contribution in [2.75, 3.05) is 0 Å². The minimum absolute atomic E-state index is 0.0966. The smallest absolute Gasteiger partial charge is 0.137 e. The van der Waals surface area contributed by atoms with Crippen molar-refractivity contribution in [1.29, 1.82) is 0 Å². The van der Waals surface area contributed by atoms with E-state index in [9.17, 15) is 4.39 Å². The molecular formula is C16H17BrFNS. The molecule has 2 aromatic rings. The number of rotatable bonds is 5. The van der Waals surface area contributed by atoms with Gasteiger partial charge in [0.15, 0.2) is 0 Å². The van der Waals surface area contributed by atoms with Crippen molar-refractivity contribution in [2.45, 2.75) is 35.6 Å². The lowest BCUT2D eigenvalue weighted by molar-refractivity contribution is 0.593. The largest absolute Gasteiger partial charge is 0.327 e. The van der Waals surface area contributed by atoms with Crippen LogP contribution in [0.15, 0.2) is 56.7 Å². The number of benzene rings is 2. The van der Waals surface area contributed by atoms with Gasteiger partial charge in [-0.05, 0) is 54.8 Å². The molecule has 20 heavy (non-hydrogen) atoms. The summed E-state index contributed by atoms with van der Waals surface area (Å²) in [6.07, 6.45) is 1.62. The first-order valence-electron chi connectivity index (χ1n) is 6.56. The third kappa shape index (κ3) is 4.33. The molecule has 0 aliphatic carbocycles. The summed E-state index contributed by atoms with van der Waals surface area (Å²) in [5.41, 5.74) is 6.85. The Balaban J connectivity index is 2.11. The Morgan fingerprint density at radius 3 is 2.50 bits per heavy atom. The lowest BCUT2D eigenvalue weighted by Gasteiger charge is -2.10. The second-order valence-corrected chi connectivity index (χ2v) is 6.72. The molecule has 0 bridgehead atoms. The predicted molar refractivity (Wildman–Crippen MR) is 86.6 cm³/mol. The maximum absolute atomic E-state index is 14.1. The van der Waals surface area contributed by atoms with Crippen LogP contribution in [-0.2, 0) is 6.42 Å². The zero-order valence-electron chi connectivity index (χ0n) is 11.3. The number of nitrogens with two attached hydrogens (primary N) is 1. The average Bonchev–Trinajstić information content (AvgIpc) is 2.44. The fourth-order valence-electron chi connectivity index (χ4n) is 1.83. The first-order valence-corrected chi connectivity index (χ1v) is 8.17. The van der Waals surface area contributed by atoms with Gasteiger partial charge in [-0.3, -0.25) is 0 Å². The van der Waals surface area contributed by atoms with Crippen LogP contribution >= 0.6 is 27.7 Å². The molecule has 0 amide bonds. The lowest BCUT2D eigenvalue weighted by atomic mass is 10.0. The van der Waals surface area contributed by atoms with Gasteiger partial charge in [0, 0.05) is 20.3 Å². The van der Waals surface area contributed by atoms with Crippen molar-refractivity contribution < 1.29 is 4.39 Å². The van der Waals surface area contributed by atoms with Crippen LogP contribution in [-0.4, -0.2) is 6.04 Å². The standard InChI is InChI=1S/C16H17BrFNS/c1-2-13(19)9-11-3-8-16(15(18)10-11)20-14-6-4-12(17)5-7-14/h3-8,10,13H,2,9,19H2,1H3. The van der Waals surface area contributed by atoms with Crippen molar-refractivity contribution in [3.63, 3.8) is 0 Å². The summed E-state index contributed by atoms with van der Waals surface area (Å²) >= 11 is 4.82. The van der Waals surface area contributed by atoms with E-state index in [4.69, 9.17) is 5.73 Å². The minimum atomic E-state index is -0.182. The molecule has 1 atom stereocenters. The maximum Gasteiger partial charge on any atom is 0.137 e. The highest BCUT2D eigenvalue weighted by molar-refractivity contribution is 9.10. The van der Waals surface area contributed by atoms with Crippen LogP contribution in [0.2, 0.25) is 0 Å². The molecule has 0 aliphatic rings. The van der Waals surface area contributed by atoms with E-state index in [-0.39, 0.29) is 11.9 Å². The molecule has 2 aromatic carbocycles. The van der Waals surface area contributed by atoms with Crippen LogP contribution in [0.1, 0.15) is 18.9 Å². The second-order valence-electron chi connectivity index (χ2n) is 4.69. The summed E-state index contributed by atoms with van der Waals surface area (Å²) in [5, 5.41) is 0. The third-order valence-electron chi connectivity index (χ3n) is 3.06. The van der Waals surface area contributed by atoms with Gasteiger partial charge in [0.1, 0.15) is 5.82 Å². The third-order valence-corrected chi connectivity index (χ3v) is 4.65. The molecule has 2 N–H and O–H groups in total. The van der Waals surface area contributed by atoms with Crippen molar-refractivity contribution in [2.24, 2.45) is 5.73 Å². The molecular weight excluding hydrogens is 337 g/mol. The van der Waals surface area contributed by atoms with Gasteiger partial charge in [0.25, 0.3) is 0 Å². The molecule has 0 heterocycles. The van der Waals surface area contributed by atoms with Crippen molar-refractivity contribution in [3.05, 3.63) is 58.3 Å². The Bertz CT molecular complexity index is 571. The normalized spacial score (nSPS) is 12.4. The van der Waals surface area contributed by atoms with E-state index < -0.39 is 0 Å². The number of hydrogen-bond donors (Lipinski definition) is 1. The summed E-state index contributed by atoms with van der Waals surface area (Å²) < 4.78 is 15.1. The fourth-order valence-corrected chi connectivity index (χ4v) is 2.91. The van der Waals surface area contributed by atoms with Crippen LogP contribution < -0.4 is 5.73 Å². The van der Waals surface area contributed by atoms with Gasteiger partial charge in [-0.25, -0.2) is 4.39 Å². The topological polar surface area (TPSA) is 26.0 Å². The minimum Gasteiger partial charge on any atom is -0.327 e. The fraction of sp³-hybridized carbons (Fsp3) is 0.250. The first kappa shape index (κ1) is 15.5. The summed E-state index contributed by atoms with van der Waals surface area (Å²) in [7, 11) is 0. The van der Waals surface area contributed by atoms with Crippen LogP contribution in [0.5, 0.6) is 0 Å². The predicted octanol–water partition coefficient (Wildman–Crippen LogP) is 5.02. The molecule has 0 aromatic heterocycles. The summed E-state index contributed by atoms with van der Waals surface area (Å²) in [6, 6.07) is 13.3. The lowest BCUT2D eigenvalue weighted by Crippen LogP contribution is -2.21. The molecule has 0 aliphatic heterocycles.